The summed E-state index contributed by atoms with van der Waals surface area (Å²) in [7, 11) is 5.50. The number of carbonyl (C=O) groups is 1. The first kappa shape index (κ1) is 18.5. The number of nitrogens with zero attached hydrogens (tertiary/aromatic N) is 2. The maximum atomic E-state index is 13.2. The second-order valence-electron chi connectivity index (χ2n) is 6.94. The summed E-state index contributed by atoms with van der Waals surface area (Å²) in [5.74, 6) is -0.340. The summed E-state index contributed by atoms with van der Waals surface area (Å²) < 4.78 is 19.2. The summed E-state index contributed by atoms with van der Waals surface area (Å²) >= 11 is 0. The summed E-state index contributed by atoms with van der Waals surface area (Å²) in [4.78, 5) is 16.6. The quantitative estimate of drug-likeness (QED) is 0.825. The van der Waals surface area contributed by atoms with E-state index >= 15 is 0 Å². The largest absolute Gasteiger partial charge is 0.371 e. The number of amides is 1. The van der Waals surface area contributed by atoms with E-state index in [2.05, 4.69) is 12.1 Å². The van der Waals surface area contributed by atoms with Crippen LogP contribution in [-0.2, 0) is 16.0 Å². The lowest BCUT2D eigenvalue weighted by molar-refractivity contribution is -0.137. The number of benzene rings is 2. The van der Waals surface area contributed by atoms with Gasteiger partial charge in [-0.25, -0.2) is 4.39 Å². The molecule has 0 spiro atoms. The molecule has 4 nitrogen and oxygen atoms in total. The summed E-state index contributed by atoms with van der Waals surface area (Å²) in [6.45, 7) is 1.15. The standard InChI is InChI=1S/C21H25FN2O2/c1-23(2)20(16-8-10-17(22)11-9-16)21(25)24(3)14-19-18-7-5-4-6-15(18)12-13-26-19/h4-11,19-20H,12-14H2,1-3H3/t19-,20+/m0/s1. The molecular formula is C21H25FN2O2. The van der Waals surface area contributed by atoms with Gasteiger partial charge in [-0.2, -0.15) is 0 Å². The first-order valence-electron chi connectivity index (χ1n) is 8.83. The molecule has 0 saturated carbocycles. The summed E-state index contributed by atoms with van der Waals surface area (Å²) in [5.41, 5.74) is 3.21. The van der Waals surface area contributed by atoms with Crippen LogP contribution in [0.15, 0.2) is 48.5 Å². The molecule has 26 heavy (non-hydrogen) atoms. The molecule has 1 aliphatic rings. The number of likely N-dealkylation sites (N-methyl/N-ethyl adjacent to an activating group) is 2. The maximum Gasteiger partial charge on any atom is 0.244 e. The van der Waals surface area contributed by atoms with Crippen molar-refractivity contribution in [1.82, 2.24) is 9.80 Å². The zero-order valence-electron chi connectivity index (χ0n) is 15.5. The second-order valence-corrected chi connectivity index (χ2v) is 6.94. The molecule has 5 heteroatoms. The minimum Gasteiger partial charge on any atom is -0.371 e. The lowest BCUT2D eigenvalue weighted by atomic mass is 9.97. The van der Waals surface area contributed by atoms with E-state index in [0.29, 0.717) is 13.2 Å². The number of halogens is 1. The highest BCUT2D eigenvalue weighted by Gasteiger charge is 2.29. The Morgan fingerprint density at radius 1 is 1.15 bits per heavy atom. The predicted molar refractivity (Wildman–Crippen MR) is 99.3 cm³/mol. The SMILES string of the molecule is CN(C[C@@H]1OCCc2ccccc21)C(=O)[C@@H](c1ccc(F)cc1)N(C)C. The minimum absolute atomic E-state index is 0.0340. The van der Waals surface area contributed by atoms with Crippen LogP contribution >= 0.6 is 0 Å². The van der Waals surface area contributed by atoms with Crippen molar-refractivity contribution in [3.8, 4) is 0 Å². The molecule has 1 aliphatic heterocycles. The fraction of sp³-hybridized carbons (Fsp3) is 0.381. The molecule has 3 rings (SSSR count). The fourth-order valence-corrected chi connectivity index (χ4v) is 3.48. The van der Waals surface area contributed by atoms with E-state index in [1.165, 1.54) is 17.7 Å². The molecule has 0 saturated heterocycles. The number of carbonyl (C=O) groups excluding carboxylic acids is 1. The lowest BCUT2D eigenvalue weighted by Gasteiger charge is -2.33. The van der Waals surface area contributed by atoms with Crippen molar-refractivity contribution in [3.63, 3.8) is 0 Å². The average molecular weight is 356 g/mol. The van der Waals surface area contributed by atoms with Crippen molar-refractivity contribution in [2.24, 2.45) is 0 Å². The van der Waals surface area contributed by atoms with E-state index in [-0.39, 0.29) is 17.8 Å². The van der Waals surface area contributed by atoms with Crippen LogP contribution in [0.1, 0.15) is 28.8 Å². The molecule has 0 N–H and O–H groups in total. The van der Waals surface area contributed by atoms with Crippen LogP contribution in [0, 0.1) is 5.82 Å². The van der Waals surface area contributed by atoms with Crippen LogP contribution in [0.2, 0.25) is 0 Å². The van der Waals surface area contributed by atoms with Crippen molar-refractivity contribution < 1.29 is 13.9 Å². The number of hydrogen-bond acceptors (Lipinski definition) is 3. The molecule has 2 aromatic carbocycles. The van der Waals surface area contributed by atoms with Crippen LogP contribution in [0.5, 0.6) is 0 Å². The maximum absolute atomic E-state index is 13.2. The van der Waals surface area contributed by atoms with Crippen molar-refractivity contribution in [2.75, 3.05) is 34.3 Å². The first-order chi connectivity index (χ1) is 12.5. The van der Waals surface area contributed by atoms with Gasteiger partial charge in [0.15, 0.2) is 0 Å². The first-order valence-corrected chi connectivity index (χ1v) is 8.83. The third-order valence-corrected chi connectivity index (χ3v) is 4.84. The molecule has 138 valence electrons. The number of ether oxygens (including phenoxy) is 1. The van der Waals surface area contributed by atoms with Crippen LogP contribution in [0.25, 0.3) is 0 Å². The summed E-state index contributed by atoms with van der Waals surface area (Å²) in [5, 5.41) is 0. The van der Waals surface area contributed by atoms with E-state index in [1.54, 1.807) is 24.1 Å². The zero-order valence-corrected chi connectivity index (χ0v) is 15.5. The van der Waals surface area contributed by atoms with Gasteiger partial charge in [0.2, 0.25) is 5.91 Å². The lowest BCUT2D eigenvalue weighted by Crippen LogP contribution is -2.41. The van der Waals surface area contributed by atoms with Gasteiger partial charge in [-0.1, -0.05) is 36.4 Å². The highest BCUT2D eigenvalue weighted by atomic mass is 19.1. The molecule has 2 aromatic rings. The van der Waals surface area contributed by atoms with Crippen molar-refractivity contribution in [2.45, 2.75) is 18.6 Å². The van der Waals surface area contributed by atoms with E-state index in [0.717, 1.165) is 17.5 Å². The van der Waals surface area contributed by atoms with E-state index in [4.69, 9.17) is 4.74 Å². The summed E-state index contributed by atoms with van der Waals surface area (Å²) in [6, 6.07) is 13.9. The van der Waals surface area contributed by atoms with Gasteiger partial charge in [-0.3, -0.25) is 9.69 Å². The Kier molecular flexibility index (Phi) is 5.69. The van der Waals surface area contributed by atoms with Crippen LogP contribution in [0.4, 0.5) is 4.39 Å². The van der Waals surface area contributed by atoms with Crippen molar-refractivity contribution in [3.05, 3.63) is 71.0 Å². The van der Waals surface area contributed by atoms with Gasteiger partial charge in [-0.05, 0) is 49.3 Å². The Hall–Kier alpha value is -2.24. The zero-order chi connectivity index (χ0) is 18.7. The molecular weight excluding hydrogens is 331 g/mol. The van der Waals surface area contributed by atoms with Gasteiger partial charge in [0.1, 0.15) is 18.0 Å². The van der Waals surface area contributed by atoms with Gasteiger partial charge in [0.25, 0.3) is 0 Å². The van der Waals surface area contributed by atoms with Crippen LogP contribution < -0.4 is 0 Å². The fourth-order valence-electron chi connectivity index (χ4n) is 3.48. The summed E-state index contributed by atoms with van der Waals surface area (Å²) in [6.07, 6.45) is 0.783. The molecule has 0 radical (unpaired) electrons. The Morgan fingerprint density at radius 3 is 2.54 bits per heavy atom. The molecule has 0 aliphatic carbocycles. The third kappa shape index (κ3) is 3.94. The number of hydrogen-bond donors (Lipinski definition) is 0. The van der Waals surface area contributed by atoms with Gasteiger partial charge in [0.05, 0.1) is 13.2 Å². The predicted octanol–water partition coefficient (Wildman–Crippen LogP) is 3.20. The monoisotopic (exact) mass is 356 g/mol. The van der Waals surface area contributed by atoms with Gasteiger partial charge in [-0.15, -0.1) is 0 Å². The van der Waals surface area contributed by atoms with E-state index in [9.17, 15) is 9.18 Å². The van der Waals surface area contributed by atoms with Crippen LogP contribution in [0.3, 0.4) is 0 Å². The van der Waals surface area contributed by atoms with Gasteiger partial charge >= 0.3 is 0 Å². The van der Waals surface area contributed by atoms with Crippen molar-refractivity contribution in [1.29, 1.82) is 0 Å². The average Bonchev–Trinajstić information content (AvgIpc) is 2.63. The minimum atomic E-state index is -0.459. The Morgan fingerprint density at radius 2 is 1.85 bits per heavy atom. The molecule has 0 fully saturated rings. The van der Waals surface area contributed by atoms with Gasteiger partial charge < -0.3 is 9.64 Å². The molecule has 1 heterocycles. The highest BCUT2D eigenvalue weighted by molar-refractivity contribution is 5.83. The number of rotatable bonds is 5. The topological polar surface area (TPSA) is 32.8 Å². The van der Waals surface area contributed by atoms with E-state index in [1.807, 2.05) is 31.1 Å². The van der Waals surface area contributed by atoms with Gasteiger partial charge in [0, 0.05) is 7.05 Å². The molecule has 0 bridgehead atoms. The molecule has 1 amide bonds. The van der Waals surface area contributed by atoms with Crippen LogP contribution in [-0.4, -0.2) is 50.0 Å². The van der Waals surface area contributed by atoms with Crippen molar-refractivity contribution >= 4 is 5.91 Å². The molecule has 0 aromatic heterocycles. The Bertz CT molecular complexity index is 761. The number of fused-ring (bicyclic) bond motifs is 1. The second kappa shape index (κ2) is 7.98. The third-order valence-electron chi connectivity index (χ3n) is 4.84. The highest BCUT2D eigenvalue weighted by Crippen LogP contribution is 2.29. The molecule has 2 atom stereocenters. The normalized spacial score (nSPS) is 17.7. The smallest absolute Gasteiger partial charge is 0.244 e. The van der Waals surface area contributed by atoms with E-state index < -0.39 is 6.04 Å². The molecule has 0 unspecified atom stereocenters. The Labute approximate surface area is 154 Å². The Balaban J connectivity index is 1.77.